The van der Waals surface area contributed by atoms with Crippen LogP contribution in [0.15, 0.2) is 79.9 Å². The lowest BCUT2D eigenvalue weighted by molar-refractivity contribution is -0.162. The Balaban J connectivity index is 1.59. The van der Waals surface area contributed by atoms with Crippen molar-refractivity contribution in [2.24, 2.45) is 11.8 Å². The molecule has 2 amide bonds. The summed E-state index contributed by atoms with van der Waals surface area (Å²) in [7, 11) is 1.57. The maximum Gasteiger partial charge on any atom is 0.312 e. The number of amides is 2. The van der Waals surface area contributed by atoms with Crippen molar-refractivity contribution in [1.82, 2.24) is 4.90 Å². The quantitative estimate of drug-likeness (QED) is 0.171. The molecule has 6 atom stereocenters. The fraction of sp³-hybridized carbons (Fsp3) is 0.472. The minimum Gasteiger partial charge on any atom is -0.497 e. The Morgan fingerprint density at radius 2 is 1.84 bits per heavy atom. The molecule has 240 valence electrons. The topological polar surface area (TPSA) is 106 Å². The van der Waals surface area contributed by atoms with E-state index in [9.17, 15) is 19.5 Å². The van der Waals surface area contributed by atoms with Crippen LogP contribution in [0.25, 0.3) is 0 Å². The Morgan fingerprint density at radius 3 is 2.47 bits per heavy atom. The van der Waals surface area contributed by atoms with Crippen LogP contribution in [0.3, 0.4) is 0 Å². The van der Waals surface area contributed by atoms with Crippen molar-refractivity contribution in [3.63, 3.8) is 0 Å². The third kappa shape index (κ3) is 5.57. The molecule has 9 nitrogen and oxygen atoms in total. The van der Waals surface area contributed by atoms with E-state index in [4.69, 9.17) is 14.2 Å². The van der Waals surface area contributed by atoms with Gasteiger partial charge in [0.25, 0.3) is 5.91 Å². The van der Waals surface area contributed by atoms with Gasteiger partial charge >= 0.3 is 5.97 Å². The van der Waals surface area contributed by atoms with Crippen LogP contribution >= 0.6 is 0 Å². The number of allylic oxidation sites excluding steroid dienone is 1. The highest BCUT2D eigenvalue weighted by molar-refractivity contribution is 6.05. The first kappa shape index (κ1) is 32.4. The van der Waals surface area contributed by atoms with Gasteiger partial charge in [-0.25, -0.2) is 0 Å². The normalized spacial score (nSPS) is 27.1. The Kier molecular flexibility index (Phi) is 9.79. The molecule has 0 aliphatic carbocycles. The van der Waals surface area contributed by atoms with Gasteiger partial charge in [-0.2, -0.15) is 0 Å². The smallest absolute Gasteiger partial charge is 0.312 e. The van der Waals surface area contributed by atoms with E-state index in [0.29, 0.717) is 42.7 Å². The van der Waals surface area contributed by atoms with Crippen LogP contribution in [-0.4, -0.2) is 71.9 Å². The number of aliphatic hydroxyl groups is 1. The Hall–Kier alpha value is -3.95. The van der Waals surface area contributed by atoms with Crippen LogP contribution in [0.1, 0.15) is 57.1 Å². The first-order valence-corrected chi connectivity index (χ1v) is 15.8. The first-order valence-electron chi connectivity index (χ1n) is 15.8. The summed E-state index contributed by atoms with van der Waals surface area (Å²) < 4.78 is 18.0. The highest BCUT2D eigenvalue weighted by Gasteiger charge is 2.79. The average Bonchev–Trinajstić information content (AvgIpc) is 3.68. The highest BCUT2D eigenvalue weighted by atomic mass is 16.6. The lowest BCUT2D eigenvalue weighted by Crippen LogP contribution is -2.57. The molecule has 1 spiro atoms. The van der Waals surface area contributed by atoms with Crippen molar-refractivity contribution in [2.75, 3.05) is 31.8 Å². The van der Waals surface area contributed by atoms with Crippen LogP contribution in [0.4, 0.5) is 5.69 Å². The van der Waals surface area contributed by atoms with Crippen LogP contribution in [0.5, 0.6) is 5.75 Å². The molecule has 2 aromatic rings. The van der Waals surface area contributed by atoms with Gasteiger partial charge in [0, 0.05) is 12.2 Å². The molecule has 2 bridgehead atoms. The zero-order valence-corrected chi connectivity index (χ0v) is 26.2. The molecule has 1 N–H and O–H groups in total. The van der Waals surface area contributed by atoms with Gasteiger partial charge < -0.3 is 29.1 Å². The SMILES string of the molecule is C=CCCCCOC(=O)[C@@H]1[C@H]2C(=O)N([C@H](CO)c3ccccc3)C(C(=O)N(CC=C)c3ccc(OC)cc3)C23CC[C@@]1(CC)O3. The van der Waals surface area contributed by atoms with Gasteiger partial charge in [-0.1, -0.05) is 49.4 Å². The zero-order chi connectivity index (χ0) is 32.2. The number of hydrogen-bond acceptors (Lipinski definition) is 7. The number of aliphatic hydroxyl groups excluding tert-OH is 1. The molecule has 3 saturated heterocycles. The molecule has 45 heavy (non-hydrogen) atoms. The first-order chi connectivity index (χ1) is 21.8. The van der Waals surface area contributed by atoms with Gasteiger partial charge in [-0.05, 0) is 68.4 Å². The summed E-state index contributed by atoms with van der Waals surface area (Å²) in [6.45, 7) is 9.57. The summed E-state index contributed by atoms with van der Waals surface area (Å²) in [6, 6.07) is 14.3. The van der Waals surface area contributed by atoms with Crippen molar-refractivity contribution in [1.29, 1.82) is 0 Å². The monoisotopic (exact) mass is 616 g/mol. The van der Waals surface area contributed by atoms with Crippen molar-refractivity contribution >= 4 is 23.5 Å². The van der Waals surface area contributed by atoms with Gasteiger partial charge in [0.2, 0.25) is 5.91 Å². The van der Waals surface area contributed by atoms with E-state index in [0.717, 1.165) is 12.8 Å². The molecule has 3 heterocycles. The van der Waals surface area contributed by atoms with Crippen LogP contribution in [-0.2, 0) is 23.9 Å². The Morgan fingerprint density at radius 1 is 1.11 bits per heavy atom. The summed E-state index contributed by atoms with van der Waals surface area (Å²) >= 11 is 0. The van der Waals surface area contributed by atoms with Crippen LogP contribution < -0.4 is 9.64 Å². The largest absolute Gasteiger partial charge is 0.497 e. The van der Waals surface area contributed by atoms with Crippen LogP contribution in [0, 0.1) is 11.8 Å². The molecule has 2 aromatic carbocycles. The maximum absolute atomic E-state index is 14.9. The average molecular weight is 617 g/mol. The molecule has 2 unspecified atom stereocenters. The summed E-state index contributed by atoms with van der Waals surface area (Å²) in [6.07, 6.45) is 7.23. The molecule has 0 saturated carbocycles. The third-order valence-corrected chi connectivity index (χ3v) is 9.81. The molecule has 5 rings (SSSR count). The fourth-order valence-electron chi connectivity index (χ4n) is 7.67. The second kappa shape index (κ2) is 13.6. The highest BCUT2D eigenvalue weighted by Crippen LogP contribution is 2.65. The number of ether oxygens (including phenoxy) is 3. The predicted octanol–water partition coefficient (Wildman–Crippen LogP) is 5.00. The number of rotatable bonds is 15. The van der Waals surface area contributed by atoms with E-state index < -0.39 is 47.7 Å². The molecule has 0 aromatic heterocycles. The molecule has 3 aliphatic rings. The molecule has 3 aliphatic heterocycles. The number of anilines is 1. The van der Waals surface area contributed by atoms with Gasteiger partial charge in [0.05, 0.1) is 37.9 Å². The maximum atomic E-state index is 14.9. The van der Waals surface area contributed by atoms with Crippen LogP contribution in [0.2, 0.25) is 0 Å². The number of nitrogens with zero attached hydrogens (tertiary/aromatic N) is 2. The number of carbonyl (C=O) groups is 3. The van der Waals surface area contributed by atoms with E-state index in [2.05, 4.69) is 13.2 Å². The molecule has 0 radical (unpaired) electrons. The van der Waals surface area contributed by atoms with E-state index in [1.807, 2.05) is 43.3 Å². The lowest BCUT2D eigenvalue weighted by Gasteiger charge is -2.39. The Labute approximate surface area is 265 Å². The Bertz CT molecular complexity index is 1400. The number of fused-ring (bicyclic) bond motifs is 1. The number of unbranched alkanes of at least 4 members (excludes halogenated alkanes) is 2. The van der Waals surface area contributed by atoms with Crippen molar-refractivity contribution in [2.45, 2.75) is 68.7 Å². The van der Waals surface area contributed by atoms with Gasteiger partial charge in [-0.3, -0.25) is 14.4 Å². The lowest BCUT2D eigenvalue weighted by atomic mass is 9.65. The number of methoxy groups -OCH3 is 1. The second-order valence-corrected chi connectivity index (χ2v) is 12.1. The van der Waals surface area contributed by atoms with Gasteiger partial charge in [0.15, 0.2) is 0 Å². The number of carbonyl (C=O) groups excluding carboxylic acids is 3. The predicted molar refractivity (Wildman–Crippen MR) is 171 cm³/mol. The van der Waals surface area contributed by atoms with Crippen molar-refractivity contribution in [3.8, 4) is 5.75 Å². The van der Waals surface area contributed by atoms with E-state index in [1.165, 1.54) is 4.90 Å². The van der Waals surface area contributed by atoms with Crippen molar-refractivity contribution < 1.29 is 33.7 Å². The minimum atomic E-state index is -1.27. The zero-order valence-electron chi connectivity index (χ0n) is 26.2. The van der Waals surface area contributed by atoms with E-state index in [1.54, 1.807) is 42.4 Å². The number of hydrogen-bond donors (Lipinski definition) is 1. The fourth-order valence-corrected chi connectivity index (χ4v) is 7.67. The summed E-state index contributed by atoms with van der Waals surface area (Å²) in [5.74, 6) is -2.38. The second-order valence-electron chi connectivity index (χ2n) is 12.1. The van der Waals surface area contributed by atoms with Crippen molar-refractivity contribution in [3.05, 3.63) is 85.5 Å². The molecular formula is C36H44N2O7. The number of esters is 1. The third-order valence-electron chi connectivity index (χ3n) is 9.81. The number of likely N-dealkylation sites (tertiary alicyclic amines) is 1. The van der Waals surface area contributed by atoms with E-state index >= 15 is 0 Å². The summed E-state index contributed by atoms with van der Waals surface area (Å²) in [4.78, 5) is 46.6. The summed E-state index contributed by atoms with van der Waals surface area (Å²) in [5, 5.41) is 10.8. The molecular weight excluding hydrogens is 572 g/mol. The summed E-state index contributed by atoms with van der Waals surface area (Å²) in [5.41, 5.74) is -0.913. The molecule has 3 fully saturated rings. The number of benzene rings is 2. The van der Waals surface area contributed by atoms with Gasteiger partial charge in [-0.15, -0.1) is 13.2 Å². The standard InChI is InChI=1S/C36H44N2O7/c1-5-8-9-13-23-44-34(42)30-29-32(40)38(28(24-39)25-14-11-10-12-15-25)31(36(29)21-20-35(30,7-3)45-36)33(41)37(22-6-2)26-16-18-27(43-4)19-17-26/h5-6,10-12,14-19,28-31,39H,1-2,7-9,13,20-24H2,3-4H3/t28-,29+,30+,31?,35-,36?/m1/s1. The molecule has 9 heteroatoms. The van der Waals surface area contributed by atoms with Gasteiger partial charge in [0.1, 0.15) is 23.3 Å². The minimum absolute atomic E-state index is 0.175. The van der Waals surface area contributed by atoms with E-state index in [-0.39, 0.29) is 25.0 Å².